The lowest BCUT2D eigenvalue weighted by Crippen LogP contribution is -2.60. The first-order valence-corrected chi connectivity index (χ1v) is 11.4. The summed E-state index contributed by atoms with van der Waals surface area (Å²) in [6, 6.07) is 14.3. The number of carbonyl (C=O) groups excluding carboxylic acids is 2. The van der Waals surface area contributed by atoms with Crippen LogP contribution in [0.5, 0.6) is 5.75 Å². The van der Waals surface area contributed by atoms with Gasteiger partial charge in [0.25, 0.3) is 0 Å². The van der Waals surface area contributed by atoms with Gasteiger partial charge in [0, 0.05) is 29.8 Å². The molecule has 0 aliphatic carbocycles. The van der Waals surface area contributed by atoms with Crippen LogP contribution < -0.4 is 10.5 Å². The predicted molar refractivity (Wildman–Crippen MR) is 128 cm³/mol. The highest BCUT2D eigenvalue weighted by molar-refractivity contribution is 6.01. The molecule has 188 valence electrons. The van der Waals surface area contributed by atoms with E-state index in [0.29, 0.717) is 5.56 Å². The van der Waals surface area contributed by atoms with Gasteiger partial charge in [-0.15, -0.1) is 0 Å². The molecule has 3 aromatic carbocycles. The Hall–Kier alpha value is -3.85. The number of nitrogens with zero attached hydrogens (tertiary/aromatic N) is 2. The Morgan fingerprint density at radius 2 is 1.58 bits per heavy atom. The zero-order valence-corrected chi connectivity index (χ0v) is 19.8. The average Bonchev–Trinajstić information content (AvgIpc) is 2.87. The molecule has 4 rings (SSSR count). The summed E-state index contributed by atoms with van der Waals surface area (Å²) in [6.45, 7) is 0.893. The number of hydrogen-bond acceptors (Lipinski definition) is 4. The highest BCUT2D eigenvalue weighted by Crippen LogP contribution is 2.37. The van der Waals surface area contributed by atoms with E-state index in [0.717, 1.165) is 17.0 Å². The summed E-state index contributed by atoms with van der Waals surface area (Å²) in [5.41, 5.74) is 6.68. The molecule has 1 heterocycles. The molecule has 0 radical (unpaired) electrons. The number of benzene rings is 3. The Bertz CT molecular complexity index is 1250. The largest absolute Gasteiger partial charge is 0.494 e. The summed E-state index contributed by atoms with van der Waals surface area (Å²) in [5, 5.41) is 0. The Morgan fingerprint density at radius 1 is 0.944 bits per heavy atom. The molecule has 0 aromatic heterocycles. The van der Waals surface area contributed by atoms with Crippen LogP contribution in [0.2, 0.25) is 0 Å². The lowest BCUT2D eigenvalue weighted by atomic mass is 9.87. The van der Waals surface area contributed by atoms with Crippen molar-refractivity contribution in [2.45, 2.75) is 31.5 Å². The molecule has 1 aliphatic rings. The number of rotatable bonds is 7. The molecule has 3 amide bonds. The van der Waals surface area contributed by atoms with Gasteiger partial charge in [-0.05, 0) is 30.7 Å². The smallest absolute Gasteiger partial charge is 0.327 e. The second-order valence-electron chi connectivity index (χ2n) is 8.66. The van der Waals surface area contributed by atoms with Gasteiger partial charge in [0.15, 0.2) is 11.6 Å². The molecule has 1 aliphatic heterocycles. The maximum absolute atomic E-state index is 15.3. The second-order valence-corrected chi connectivity index (χ2v) is 8.66. The fraction of sp³-hybridized carbons (Fsp3) is 0.259. The van der Waals surface area contributed by atoms with Gasteiger partial charge in [-0.25, -0.2) is 18.0 Å². The Morgan fingerprint density at radius 3 is 2.22 bits per heavy atom. The fourth-order valence-corrected chi connectivity index (χ4v) is 4.53. The molecule has 0 spiro atoms. The highest BCUT2D eigenvalue weighted by atomic mass is 19.1. The van der Waals surface area contributed by atoms with Gasteiger partial charge in [0.05, 0.1) is 19.6 Å². The van der Waals surface area contributed by atoms with Crippen LogP contribution in [0.4, 0.5) is 18.0 Å². The molecule has 1 fully saturated rings. The van der Waals surface area contributed by atoms with Gasteiger partial charge < -0.3 is 15.4 Å². The van der Waals surface area contributed by atoms with E-state index in [1.54, 1.807) is 37.3 Å². The van der Waals surface area contributed by atoms with Crippen LogP contribution in [0.15, 0.2) is 66.7 Å². The maximum atomic E-state index is 15.3. The summed E-state index contributed by atoms with van der Waals surface area (Å²) in [4.78, 5) is 29.3. The van der Waals surface area contributed by atoms with Gasteiger partial charge in [-0.3, -0.25) is 9.69 Å². The van der Waals surface area contributed by atoms with Crippen molar-refractivity contribution in [3.8, 4) is 5.75 Å². The van der Waals surface area contributed by atoms with Crippen molar-refractivity contribution >= 4 is 11.9 Å². The number of halogens is 3. The molecule has 6 nitrogen and oxygen atoms in total. The van der Waals surface area contributed by atoms with Crippen molar-refractivity contribution in [1.82, 2.24) is 9.80 Å². The minimum Gasteiger partial charge on any atom is -0.494 e. The molecule has 0 saturated carbocycles. The van der Waals surface area contributed by atoms with Gasteiger partial charge in [-0.1, -0.05) is 48.5 Å². The molecule has 9 heteroatoms. The Balaban J connectivity index is 1.77. The van der Waals surface area contributed by atoms with E-state index in [1.165, 1.54) is 36.3 Å². The quantitative estimate of drug-likeness (QED) is 0.511. The zero-order chi connectivity index (χ0) is 26.0. The van der Waals surface area contributed by atoms with E-state index >= 15 is 4.39 Å². The topological polar surface area (TPSA) is 75.9 Å². The lowest BCUT2D eigenvalue weighted by Gasteiger charge is -2.44. The zero-order valence-electron chi connectivity index (χ0n) is 19.8. The standard InChI is InChI=1S/C27H26F3N3O3/c1-16-24(18-10-6-13-23(36-2)25(18)30)26(34)33(15-22(31)17-8-4-3-5-9-17)27(35)32(16)14-19-20(28)11-7-12-21(19)29/h3-13,16,22,24H,14-15,31H2,1-2H3. The molecule has 0 bridgehead atoms. The predicted octanol–water partition coefficient (Wildman–Crippen LogP) is 4.75. The van der Waals surface area contributed by atoms with E-state index in [2.05, 4.69) is 0 Å². The number of hydrogen-bond donors (Lipinski definition) is 1. The van der Waals surface area contributed by atoms with Crippen molar-refractivity contribution in [2.75, 3.05) is 13.7 Å². The summed E-state index contributed by atoms with van der Waals surface area (Å²) in [6.07, 6.45) is 0. The monoisotopic (exact) mass is 497 g/mol. The summed E-state index contributed by atoms with van der Waals surface area (Å²) < 4.78 is 49.4. The van der Waals surface area contributed by atoms with Crippen LogP contribution in [0.3, 0.4) is 0 Å². The second kappa shape index (κ2) is 10.4. The van der Waals surface area contributed by atoms with Gasteiger partial charge in [0.2, 0.25) is 5.91 Å². The van der Waals surface area contributed by atoms with Crippen molar-refractivity contribution in [2.24, 2.45) is 5.73 Å². The average molecular weight is 498 g/mol. The normalized spacial score (nSPS) is 18.9. The fourth-order valence-electron chi connectivity index (χ4n) is 4.53. The number of amides is 3. The first-order chi connectivity index (χ1) is 17.2. The van der Waals surface area contributed by atoms with Crippen molar-refractivity contribution in [3.05, 3.63) is 101 Å². The molecule has 3 aromatic rings. The first kappa shape index (κ1) is 25.2. The van der Waals surface area contributed by atoms with Crippen molar-refractivity contribution in [3.63, 3.8) is 0 Å². The van der Waals surface area contributed by atoms with Crippen LogP contribution in [0.1, 0.15) is 35.6 Å². The molecule has 36 heavy (non-hydrogen) atoms. The lowest BCUT2D eigenvalue weighted by molar-refractivity contribution is -0.135. The summed E-state index contributed by atoms with van der Waals surface area (Å²) >= 11 is 0. The third kappa shape index (κ3) is 4.66. The first-order valence-electron chi connectivity index (χ1n) is 11.4. The molecular formula is C27H26F3N3O3. The van der Waals surface area contributed by atoms with E-state index in [4.69, 9.17) is 10.5 Å². The maximum Gasteiger partial charge on any atom is 0.327 e. The third-order valence-electron chi connectivity index (χ3n) is 6.53. The van der Waals surface area contributed by atoms with Crippen LogP contribution in [-0.2, 0) is 11.3 Å². The summed E-state index contributed by atoms with van der Waals surface area (Å²) in [5.74, 6) is -4.29. The third-order valence-corrected chi connectivity index (χ3v) is 6.53. The highest BCUT2D eigenvalue weighted by Gasteiger charge is 2.46. The number of carbonyl (C=O) groups is 2. The molecule has 1 saturated heterocycles. The van der Waals surface area contributed by atoms with E-state index in [-0.39, 0.29) is 23.4 Å². The van der Waals surface area contributed by atoms with Crippen molar-refractivity contribution < 1.29 is 27.5 Å². The number of nitrogens with two attached hydrogens (primary N) is 1. The van der Waals surface area contributed by atoms with Crippen LogP contribution in [-0.4, -0.2) is 41.4 Å². The van der Waals surface area contributed by atoms with Gasteiger partial charge in [-0.2, -0.15) is 0 Å². The number of ether oxygens (including phenoxy) is 1. The minimum absolute atomic E-state index is 0.0108. The van der Waals surface area contributed by atoms with Crippen LogP contribution in [0, 0.1) is 17.5 Å². The number of urea groups is 1. The molecule has 2 N–H and O–H groups in total. The van der Waals surface area contributed by atoms with Crippen LogP contribution >= 0.6 is 0 Å². The van der Waals surface area contributed by atoms with Gasteiger partial charge in [0.1, 0.15) is 11.6 Å². The Kier molecular flexibility index (Phi) is 7.30. The summed E-state index contributed by atoms with van der Waals surface area (Å²) in [7, 11) is 1.30. The van der Waals surface area contributed by atoms with Gasteiger partial charge >= 0.3 is 6.03 Å². The van der Waals surface area contributed by atoms with E-state index in [1.807, 2.05) is 0 Å². The number of imide groups is 1. The van der Waals surface area contributed by atoms with Crippen molar-refractivity contribution in [1.29, 1.82) is 0 Å². The Labute approximate surface area is 207 Å². The van der Waals surface area contributed by atoms with E-state index in [9.17, 15) is 18.4 Å². The number of methoxy groups -OCH3 is 1. The van der Waals surface area contributed by atoms with E-state index < -0.39 is 53.9 Å². The molecule has 3 atom stereocenters. The van der Waals surface area contributed by atoms with Crippen LogP contribution in [0.25, 0.3) is 0 Å². The molecule has 3 unspecified atom stereocenters. The SMILES string of the molecule is COc1cccc(C2C(=O)N(CC(N)c3ccccc3)C(=O)N(Cc3c(F)cccc3F)C2C)c1F. The minimum atomic E-state index is -1.16. The molecular weight excluding hydrogens is 471 g/mol.